The van der Waals surface area contributed by atoms with Gasteiger partial charge >= 0.3 is 5.97 Å². The van der Waals surface area contributed by atoms with Crippen LogP contribution in [0.1, 0.15) is 18.4 Å². The van der Waals surface area contributed by atoms with Gasteiger partial charge in [-0.15, -0.1) is 12.4 Å². The molecule has 19 heavy (non-hydrogen) atoms. The van der Waals surface area contributed by atoms with E-state index in [9.17, 15) is 4.79 Å². The zero-order valence-corrected chi connectivity index (χ0v) is 12.3. The minimum absolute atomic E-state index is 0. The molecule has 0 spiro atoms. The second-order valence-electron chi connectivity index (χ2n) is 4.95. The fraction of sp³-hybridized carbons (Fsp3) is 0.500. The standard InChI is InChI=1S/C14H18ClNO2.ClH/c15-13-5-3-11(4-6-13)7-8-16(10-14(17)18)9-12-1-2-12;/h3-6,12H,1-2,7-10H2,(H,17,18);1H. The van der Waals surface area contributed by atoms with E-state index in [1.54, 1.807) is 0 Å². The number of carboxylic acids is 1. The number of nitrogens with zero attached hydrogens (tertiary/aromatic N) is 1. The minimum Gasteiger partial charge on any atom is -0.480 e. The van der Waals surface area contributed by atoms with Gasteiger partial charge < -0.3 is 5.11 Å². The molecule has 0 aliphatic heterocycles. The maximum Gasteiger partial charge on any atom is 0.317 e. The van der Waals surface area contributed by atoms with Gasteiger partial charge in [0, 0.05) is 18.1 Å². The van der Waals surface area contributed by atoms with E-state index in [1.165, 1.54) is 18.4 Å². The van der Waals surface area contributed by atoms with E-state index in [0.717, 1.165) is 30.5 Å². The predicted molar refractivity (Wildman–Crippen MR) is 79.2 cm³/mol. The van der Waals surface area contributed by atoms with Crippen molar-refractivity contribution in [1.29, 1.82) is 0 Å². The van der Waals surface area contributed by atoms with E-state index in [0.29, 0.717) is 0 Å². The zero-order chi connectivity index (χ0) is 13.0. The molecule has 1 saturated carbocycles. The number of hydrogen-bond donors (Lipinski definition) is 1. The number of benzene rings is 1. The highest BCUT2D eigenvalue weighted by Crippen LogP contribution is 2.29. The Balaban J connectivity index is 0.00000180. The van der Waals surface area contributed by atoms with Crippen molar-refractivity contribution in [3.63, 3.8) is 0 Å². The number of carbonyl (C=O) groups is 1. The van der Waals surface area contributed by atoms with Crippen molar-refractivity contribution < 1.29 is 9.90 Å². The molecule has 2 rings (SSSR count). The Morgan fingerprint density at radius 1 is 1.32 bits per heavy atom. The second-order valence-corrected chi connectivity index (χ2v) is 5.39. The Labute approximate surface area is 125 Å². The highest BCUT2D eigenvalue weighted by molar-refractivity contribution is 6.30. The molecule has 106 valence electrons. The van der Waals surface area contributed by atoms with Gasteiger partial charge in [0.15, 0.2) is 0 Å². The maximum atomic E-state index is 10.8. The highest BCUT2D eigenvalue weighted by Gasteiger charge is 2.24. The van der Waals surface area contributed by atoms with Crippen LogP contribution in [0.4, 0.5) is 0 Å². The molecule has 3 nitrogen and oxygen atoms in total. The molecule has 0 radical (unpaired) electrons. The van der Waals surface area contributed by atoms with Gasteiger partial charge in [-0.3, -0.25) is 9.69 Å². The van der Waals surface area contributed by atoms with Gasteiger partial charge in [0.05, 0.1) is 6.54 Å². The van der Waals surface area contributed by atoms with Gasteiger partial charge in [0.25, 0.3) is 0 Å². The first-order chi connectivity index (χ1) is 8.63. The van der Waals surface area contributed by atoms with Crippen molar-refractivity contribution in [3.8, 4) is 0 Å². The fourth-order valence-corrected chi connectivity index (χ4v) is 2.16. The lowest BCUT2D eigenvalue weighted by molar-refractivity contribution is -0.138. The molecule has 1 fully saturated rings. The summed E-state index contributed by atoms with van der Waals surface area (Å²) in [6.07, 6.45) is 3.37. The Kier molecular flexibility index (Phi) is 6.63. The number of aliphatic carboxylic acids is 1. The van der Waals surface area contributed by atoms with E-state index in [4.69, 9.17) is 16.7 Å². The Bertz CT molecular complexity index is 404. The van der Waals surface area contributed by atoms with Crippen molar-refractivity contribution in [1.82, 2.24) is 4.90 Å². The van der Waals surface area contributed by atoms with Crippen molar-refractivity contribution >= 4 is 30.0 Å². The quantitative estimate of drug-likeness (QED) is 0.841. The SMILES string of the molecule is Cl.O=C(O)CN(CCc1ccc(Cl)cc1)CC1CC1. The first kappa shape index (κ1) is 16.3. The molecule has 0 atom stereocenters. The third-order valence-corrected chi connectivity index (χ3v) is 3.45. The second kappa shape index (κ2) is 7.73. The molecule has 0 unspecified atom stereocenters. The molecule has 5 heteroatoms. The lowest BCUT2D eigenvalue weighted by Crippen LogP contribution is -2.33. The lowest BCUT2D eigenvalue weighted by atomic mass is 10.1. The van der Waals surface area contributed by atoms with E-state index in [1.807, 2.05) is 29.2 Å². The summed E-state index contributed by atoms with van der Waals surface area (Å²) < 4.78 is 0. The van der Waals surface area contributed by atoms with Gasteiger partial charge in [-0.25, -0.2) is 0 Å². The average Bonchev–Trinajstić information content (AvgIpc) is 3.11. The van der Waals surface area contributed by atoms with Crippen LogP contribution in [0.5, 0.6) is 0 Å². The number of halogens is 2. The molecule has 1 aromatic rings. The molecule has 1 aromatic carbocycles. The van der Waals surface area contributed by atoms with Crippen LogP contribution >= 0.6 is 24.0 Å². The molecule has 1 aliphatic rings. The molecule has 0 aromatic heterocycles. The van der Waals surface area contributed by atoms with Crippen molar-refractivity contribution in [3.05, 3.63) is 34.9 Å². The smallest absolute Gasteiger partial charge is 0.317 e. The third kappa shape index (κ3) is 6.28. The largest absolute Gasteiger partial charge is 0.480 e. The summed E-state index contributed by atoms with van der Waals surface area (Å²) >= 11 is 5.83. The first-order valence-corrected chi connectivity index (χ1v) is 6.70. The van der Waals surface area contributed by atoms with E-state index < -0.39 is 5.97 Å². The highest BCUT2D eigenvalue weighted by atomic mass is 35.5. The summed E-state index contributed by atoms with van der Waals surface area (Å²) in [6, 6.07) is 7.75. The monoisotopic (exact) mass is 303 g/mol. The maximum absolute atomic E-state index is 10.8. The Morgan fingerprint density at radius 3 is 2.47 bits per heavy atom. The topological polar surface area (TPSA) is 40.5 Å². The summed E-state index contributed by atoms with van der Waals surface area (Å²) in [4.78, 5) is 12.8. The van der Waals surface area contributed by atoms with Crippen LogP contribution in [-0.2, 0) is 11.2 Å². The molecule has 0 amide bonds. The van der Waals surface area contributed by atoms with Gasteiger partial charge in [-0.2, -0.15) is 0 Å². The molecule has 1 aliphatic carbocycles. The number of rotatable bonds is 7. The van der Waals surface area contributed by atoms with Crippen LogP contribution < -0.4 is 0 Å². The van der Waals surface area contributed by atoms with Crippen LogP contribution in [0, 0.1) is 5.92 Å². The number of hydrogen-bond acceptors (Lipinski definition) is 2. The van der Waals surface area contributed by atoms with Crippen LogP contribution in [0.2, 0.25) is 5.02 Å². The lowest BCUT2D eigenvalue weighted by Gasteiger charge is -2.19. The van der Waals surface area contributed by atoms with Crippen molar-refractivity contribution in [2.75, 3.05) is 19.6 Å². The third-order valence-electron chi connectivity index (χ3n) is 3.20. The van der Waals surface area contributed by atoms with Crippen LogP contribution in [0.15, 0.2) is 24.3 Å². The van der Waals surface area contributed by atoms with Crippen molar-refractivity contribution in [2.24, 2.45) is 5.92 Å². The summed E-state index contributed by atoms with van der Waals surface area (Å²) in [7, 11) is 0. The van der Waals surface area contributed by atoms with Gasteiger partial charge in [0.2, 0.25) is 0 Å². The Morgan fingerprint density at radius 2 is 1.95 bits per heavy atom. The Hall–Kier alpha value is -0.770. The van der Waals surface area contributed by atoms with Gasteiger partial charge in [-0.1, -0.05) is 23.7 Å². The zero-order valence-electron chi connectivity index (χ0n) is 10.7. The summed E-state index contributed by atoms with van der Waals surface area (Å²) in [5, 5.41) is 9.63. The van der Waals surface area contributed by atoms with Gasteiger partial charge in [0.1, 0.15) is 0 Å². The van der Waals surface area contributed by atoms with E-state index in [2.05, 4.69) is 0 Å². The average molecular weight is 304 g/mol. The molecular weight excluding hydrogens is 285 g/mol. The minimum atomic E-state index is -0.744. The van der Waals surface area contributed by atoms with Crippen LogP contribution in [0.25, 0.3) is 0 Å². The normalized spacial score (nSPS) is 14.2. The summed E-state index contributed by atoms with van der Waals surface area (Å²) in [5.41, 5.74) is 1.20. The fourth-order valence-electron chi connectivity index (χ4n) is 2.03. The molecular formula is C14H19Cl2NO2. The number of carboxylic acid groups (broad SMARTS) is 1. The molecule has 0 saturated heterocycles. The predicted octanol–water partition coefficient (Wildman–Crippen LogP) is 3.10. The van der Waals surface area contributed by atoms with Crippen LogP contribution in [-0.4, -0.2) is 35.6 Å². The molecule has 1 N–H and O–H groups in total. The van der Waals surface area contributed by atoms with E-state index >= 15 is 0 Å². The molecule has 0 heterocycles. The van der Waals surface area contributed by atoms with Crippen molar-refractivity contribution in [2.45, 2.75) is 19.3 Å². The first-order valence-electron chi connectivity index (χ1n) is 6.32. The van der Waals surface area contributed by atoms with Gasteiger partial charge in [-0.05, 0) is 42.9 Å². The van der Waals surface area contributed by atoms with E-state index in [-0.39, 0.29) is 19.0 Å². The summed E-state index contributed by atoms with van der Waals surface area (Å²) in [5.74, 6) is -0.0266. The molecule has 0 bridgehead atoms. The van der Waals surface area contributed by atoms with Crippen LogP contribution in [0.3, 0.4) is 0 Å². The summed E-state index contributed by atoms with van der Waals surface area (Å²) in [6.45, 7) is 1.86.